The minimum Gasteiger partial charge on any atom is -0.271 e. The Bertz CT molecular complexity index is 615. The summed E-state index contributed by atoms with van der Waals surface area (Å²) in [6.07, 6.45) is 0.148. The molecule has 2 rings (SSSR count). The third-order valence-electron chi connectivity index (χ3n) is 3.53. The minimum atomic E-state index is -0.555. The molecule has 2 aromatic carbocycles. The number of hydrogen-bond donors (Lipinski definition) is 2. The van der Waals surface area contributed by atoms with Crippen molar-refractivity contribution in [1.82, 2.24) is 5.43 Å². The minimum absolute atomic E-state index is 0.0404. The molecule has 2 aromatic rings. The number of halogens is 3. The maximum Gasteiger partial charge on any atom is 0.129 e. The van der Waals surface area contributed by atoms with Gasteiger partial charge in [0.1, 0.15) is 11.6 Å². The van der Waals surface area contributed by atoms with Gasteiger partial charge in [0.15, 0.2) is 0 Å². The summed E-state index contributed by atoms with van der Waals surface area (Å²) < 4.78 is 28.6. The maximum absolute atomic E-state index is 13.8. The standard InChI is InChI=1S/C16H17BrF2N2/c1-9-6-11(7-10(2)16(9)17)15(21-20)8-12-13(18)4-3-5-14(12)19/h3-7,15,21H,8,20H2,1-2H3. The summed E-state index contributed by atoms with van der Waals surface area (Å²) in [5.41, 5.74) is 5.70. The van der Waals surface area contributed by atoms with Crippen molar-refractivity contribution >= 4 is 15.9 Å². The quantitative estimate of drug-likeness (QED) is 0.640. The molecular formula is C16H17BrF2N2. The van der Waals surface area contributed by atoms with E-state index >= 15 is 0 Å². The van der Waals surface area contributed by atoms with Gasteiger partial charge in [0.05, 0.1) is 6.04 Å². The summed E-state index contributed by atoms with van der Waals surface area (Å²) in [7, 11) is 0. The summed E-state index contributed by atoms with van der Waals surface area (Å²) in [6, 6.07) is 7.42. The van der Waals surface area contributed by atoms with Crippen LogP contribution in [0.4, 0.5) is 8.78 Å². The molecule has 0 fully saturated rings. The molecule has 0 radical (unpaired) electrons. The summed E-state index contributed by atoms with van der Waals surface area (Å²) in [5, 5.41) is 0. The number of nitrogens with two attached hydrogens (primary N) is 1. The highest BCUT2D eigenvalue weighted by Crippen LogP contribution is 2.28. The molecule has 5 heteroatoms. The van der Waals surface area contributed by atoms with Crippen LogP contribution in [0.5, 0.6) is 0 Å². The van der Waals surface area contributed by atoms with Crippen LogP contribution in [0.1, 0.15) is 28.3 Å². The third-order valence-corrected chi connectivity index (χ3v) is 4.78. The van der Waals surface area contributed by atoms with E-state index in [1.165, 1.54) is 18.2 Å². The second-order valence-electron chi connectivity index (χ2n) is 5.09. The predicted octanol–water partition coefficient (Wildman–Crippen LogP) is 4.09. The molecule has 0 bridgehead atoms. The van der Waals surface area contributed by atoms with Gasteiger partial charge in [-0.25, -0.2) is 8.78 Å². The van der Waals surface area contributed by atoms with Gasteiger partial charge in [0.2, 0.25) is 0 Å². The zero-order valence-electron chi connectivity index (χ0n) is 11.9. The van der Waals surface area contributed by atoms with E-state index in [0.717, 1.165) is 21.2 Å². The summed E-state index contributed by atoms with van der Waals surface area (Å²) in [5.74, 6) is 4.47. The number of benzene rings is 2. The molecule has 2 nitrogen and oxygen atoms in total. The molecule has 0 aliphatic heterocycles. The van der Waals surface area contributed by atoms with E-state index in [4.69, 9.17) is 5.84 Å². The molecule has 3 N–H and O–H groups in total. The normalized spacial score (nSPS) is 12.5. The van der Waals surface area contributed by atoms with Crippen molar-refractivity contribution in [2.75, 3.05) is 0 Å². The van der Waals surface area contributed by atoms with Crippen LogP contribution in [0, 0.1) is 25.5 Å². The molecule has 0 saturated heterocycles. The van der Waals surface area contributed by atoms with Crippen LogP contribution in [0.2, 0.25) is 0 Å². The fraction of sp³-hybridized carbons (Fsp3) is 0.250. The molecule has 0 saturated carbocycles. The zero-order valence-corrected chi connectivity index (χ0v) is 13.5. The van der Waals surface area contributed by atoms with Crippen LogP contribution in [0.15, 0.2) is 34.8 Å². The van der Waals surface area contributed by atoms with Crippen LogP contribution in [-0.2, 0) is 6.42 Å². The molecule has 0 spiro atoms. The van der Waals surface area contributed by atoms with Gasteiger partial charge in [0, 0.05) is 10.0 Å². The Morgan fingerprint density at radius 3 is 2.14 bits per heavy atom. The van der Waals surface area contributed by atoms with Crippen molar-refractivity contribution in [3.05, 3.63) is 68.7 Å². The van der Waals surface area contributed by atoms with Crippen LogP contribution >= 0.6 is 15.9 Å². The lowest BCUT2D eigenvalue weighted by Crippen LogP contribution is -2.30. The SMILES string of the molecule is Cc1cc(C(Cc2c(F)cccc2F)NN)cc(C)c1Br. The van der Waals surface area contributed by atoms with E-state index in [-0.39, 0.29) is 18.0 Å². The van der Waals surface area contributed by atoms with E-state index in [0.29, 0.717) is 0 Å². The van der Waals surface area contributed by atoms with Crippen LogP contribution in [-0.4, -0.2) is 0 Å². The number of hydrazine groups is 1. The van der Waals surface area contributed by atoms with Gasteiger partial charge in [-0.2, -0.15) is 0 Å². The number of aryl methyl sites for hydroxylation is 2. The first-order valence-electron chi connectivity index (χ1n) is 6.59. The maximum atomic E-state index is 13.8. The van der Waals surface area contributed by atoms with Gasteiger partial charge in [-0.05, 0) is 49.1 Å². The van der Waals surface area contributed by atoms with E-state index in [9.17, 15) is 8.78 Å². The van der Waals surface area contributed by atoms with Gasteiger partial charge in [-0.3, -0.25) is 11.3 Å². The fourth-order valence-electron chi connectivity index (χ4n) is 2.39. The van der Waals surface area contributed by atoms with E-state index in [1.54, 1.807) is 0 Å². The molecule has 21 heavy (non-hydrogen) atoms. The number of rotatable bonds is 4. The highest BCUT2D eigenvalue weighted by Gasteiger charge is 2.17. The van der Waals surface area contributed by atoms with Crippen molar-refractivity contribution < 1.29 is 8.78 Å². The summed E-state index contributed by atoms with van der Waals surface area (Å²) >= 11 is 3.50. The van der Waals surface area contributed by atoms with Gasteiger partial charge >= 0.3 is 0 Å². The van der Waals surface area contributed by atoms with Crippen molar-refractivity contribution in [1.29, 1.82) is 0 Å². The van der Waals surface area contributed by atoms with Crippen LogP contribution in [0.3, 0.4) is 0 Å². The van der Waals surface area contributed by atoms with Gasteiger partial charge in [-0.1, -0.05) is 34.1 Å². The molecule has 0 aromatic heterocycles. The van der Waals surface area contributed by atoms with Gasteiger partial charge in [0.25, 0.3) is 0 Å². The van der Waals surface area contributed by atoms with E-state index in [1.807, 2.05) is 26.0 Å². The van der Waals surface area contributed by atoms with Crippen molar-refractivity contribution in [2.24, 2.45) is 5.84 Å². The lowest BCUT2D eigenvalue weighted by molar-refractivity contribution is 0.499. The summed E-state index contributed by atoms with van der Waals surface area (Å²) in [4.78, 5) is 0. The first-order chi connectivity index (χ1) is 9.93. The topological polar surface area (TPSA) is 38.0 Å². The molecule has 0 amide bonds. The second-order valence-corrected chi connectivity index (χ2v) is 5.89. The molecular weight excluding hydrogens is 338 g/mol. The molecule has 0 aliphatic carbocycles. The monoisotopic (exact) mass is 354 g/mol. The van der Waals surface area contributed by atoms with Crippen molar-refractivity contribution in [2.45, 2.75) is 26.3 Å². The lowest BCUT2D eigenvalue weighted by Gasteiger charge is -2.19. The van der Waals surface area contributed by atoms with Gasteiger partial charge in [-0.15, -0.1) is 0 Å². The van der Waals surface area contributed by atoms with Gasteiger partial charge < -0.3 is 0 Å². The number of hydrogen-bond acceptors (Lipinski definition) is 2. The molecule has 112 valence electrons. The predicted molar refractivity (Wildman–Crippen MR) is 83.7 cm³/mol. The second kappa shape index (κ2) is 6.64. The molecule has 1 atom stereocenters. The Kier molecular flexibility index (Phi) is 5.08. The van der Waals surface area contributed by atoms with Crippen molar-refractivity contribution in [3.8, 4) is 0 Å². The fourth-order valence-corrected chi connectivity index (χ4v) is 2.61. The Balaban J connectivity index is 2.37. The lowest BCUT2D eigenvalue weighted by atomic mass is 9.96. The first-order valence-corrected chi connectivity index (χ1v) is 7.39. The molecule has 0 aliphatic rings. The van der Waals surface area contributed by atoms with Crippen LogP contribution in [0.25, 0.3) is 0 Å². The average molecular weight is 355 g/mol. The van der Waals surface area contributed by atoms with Crippen molar-refractivity contribution in [3.63, 3.8) is 0 Å². The highest BCUT2D eigenvalue weighted by molar-refractivity contribution is 9.10. The number of nitrogens with one attached hydrogen (secondary N) is 1. The summed E-state index contributed by atoms with van der Waals surface area (Å²) in [6.45, 7) is 3.94. The smallest absolute Gasteiger partial charge is 0.129 e. The molecule has 0 heterocycles. The largest absolute Gasteiger partial charge is 0.271 e. The third kappa shape index (κ3) is 3.48. The Hall–Kier alpha value is -1.30. The first kappa shape index (κ1) is 16.1. The molecule has 1 unspecified atom stereocenters. The van der Waals surface area contributed by atoms with E-state index < -0.39 is 11.6 Å². The van der Waals surface area contributed by atoms with Crippen LogP contribution < -0.4 is 11.3 Å². The highest BCUT2D eigenvalue weighted by atomic mass is 79.9. The zero-order chi connectivity index (χ0) is 15.6. The van der Waals surface area contributed by atoms with E-state index in [2.05, 4.69) is 21.4 Å². The Morgan fingerprint density at radius 1 is 1.14 bits per heavy atom. The Labute approximate surface area is 131 Å². The average Bonchev–Trinajstić information content (AvgIpc) is 2.44. The Morgan fingerprint density at radius 2 is 1.67 bits per heavy atom.